The molecule has 2 aromatic heterocycles. The molecule has 0 unspecified atom stereocenters. The van der Waals surface area contributed by atoms with E-state index in [1.165, 1.54) is 34.5 Å². The number of aromatic nitrogens is 2. The molecule has 0 atom stereocenters. The van der Waals surface area contributed by atoms with Gasteiger partial charge in [0.2, 0.25) is 0 Å². The summed E-state index contributed by atoms with van der Waals surface area (Å²) in [5.74, 6) is 0. The average molecular weight is 399 g/mol. The maximum absolute atomic E-state index is 12.8. The average Bonchev–Trinajstić information content (AvgIpc) is 2.81. The molecular formula is C23H24F3N3. The molecule has 0 saturated carbocycles. The molecule has 3 aromatic rings. The Labute approximate surface area is 168 Å². The zero-order valence-electron chi connectivity index (χ0n) is 16.7. The Morgan fingerprint density at radius 3 is 2.59 bits per heavy atom. The van der Waals surface area contributed by atoms with Gasteiger partial charge in [-0.25, -0.2) is 0 Å². The monoisotopic (exact) mass is 399 g/mol. The molecule has 3 heterocycles. The van der Waals surface area contributed by atoms with Crippen LogP contribution in [0.15, 0.2) is 43.1 Å². The molecule has 0 N–H and O–H groups in total. The highest BCUT2D eigenvalue weighted by Crippen LogP contribution is 2.32. The van der Waals surface area contributed by atoms with Crippen LogP contribution in [0.2, 0.25) is 0 Å². The van der Waals surface area contributed by atoms with E-state index in [0.717, 1.165) is 43.1 Å². The summed E-state index contributed by atoms with van der Waals surface area (Å²) in [5.41, 5.74) is 5.57. The number of benzene rings is 1. The number of aryl methyl sites for hydroxylation is 1. The van der Waals surface area contributed by atoms with E-state index in [0.29, 0.717) is 12.1 Å². The molecule has 4 rings (SSSR count). The van der Waals surface area contributed by atoms with Crippen LogP contribution in [0.5, 0.6) is 0 Å². The van der Waals surface area contributed by atoms with E-state index in [-0.39, 0.29) is 0 Å². The van der Waals surface area contributed by atoms with Gasteiger partial charge in [-0.2, -0.15) is 13.2 Å². The van der Waals surface area contributed by atoms with E-state index in [4.69, 9.17) is 0 Å². The molecule has 0 aliphatic carbocycles. The summed E-state index contributed by atoms with van der Waals surface area (Å²) >= 11 is 0. The minimum absolute atomic E-state index is 0.533. The Kier molecular flexibility index (Phi) is 4.99. The summed E-state index contributed by atoms with van der Waals surface area (Å²) in [5, 5.41) is 1.27. The van der Waals surface area contributed by atoms with Crippen molar-refractivity contribution in [3.05, 3.63) is 71.2 Å². The lowest BCUT2D eigenvalue weighted by Crippen LogP contribution is -2.21. The molecular weight excluding hydrogens is 375 g/mol. The number of hydrogen-bond donors (Lipinski definition) is 0. The first-order chi connectivity index (χ1) is 13.7. The second-order valence-electron chi connectivity index (χ2n) is 7.87. The van der Waals surface area contributed by atoms with Crippen LogP contribution in [0.1, 0.15) is 28.1 Å². The van der Waals surface area contributed by atoms with E-state index in [1.54, 1.807) is 0 Å². The molecule has 0 amide bonds. The third kappa shape index (κ3) is 3.81. The molecule has 1 aromatic carbocycles. The zero-order chi connectivity index (χ0) is 20.8. The Morgan fingerprint density at radius 1 is 1.14 bits per heavy atom. The predicted octanol–water partition coefficient (Wildman–Crippen LogP) is 5.11. The van der Waals surface area contributed by atoms with Gasteiger partial charge in [-0.05, 0) is 55.3 Å². The van der Waals surface area contributed by atoms with E-state index >= 15 is 0 Å². The van der Waals surface area contributed by atoms with Crippen molar-refractivity contribution in [2.24, 2.45) is 0 Å². The van der Waals surface area contributed by atoms with Crippen LogP contribution in [-0.2, 0) is 25.6 Å². The van der Waals surface area contributed by atoms with Crippen molar-refractivity contribution >= 4 is 16.5 Å². The molecule has 0 saturated heterocycles. The SMILES string of the molecule is C=C(Cn1c2c(c3cc(C)ccc31)CCN(C)CC2)c1ccc(C(F)(F)F)nc1. The first-order valence-corrected chi connectivity index (χ1v) is 9.74. The fourth-order valence-electron chi connectivity index (χ4n) is 4.10. The number of fused-ring (bicyclic) bond motifs is 3. The van der Waals surface area contributed by atoms with Crippen LogP contribution < -0.4 is 0 Å². The summed E-state index contributed by atoms with van der Waals surface area (Å²) in [6, 6.07) is 8.96. The summed E-state index contributed by atoms with van der Waals surface area (Å²) in [6.07, 6.45) is -1.23. The lowest BCUT2D eigenvalue weighted by molar-refractivity contribution is -0.141. The van der Waals surface area contributed by atoms with Crippen molar-refractivity contribution in [1.29, 1.82) is 0 Å². The summed E-state index contributed by atoms with van der Waals surface area (Å²) < 4.78 is 40.7. The number of nitrogens with zero attached hydrogens (tertiary/aromatic N) is 3. The molecule has 0 fully saturated rings. The van der Waals surface area contributed by atoms with E-state index in [1.807, 2.05) is 0 Å². The molecule has 152 valence electrons. The fourth-order valence-corrected chi connectivity index (χ4v) is 4.10. The number of allylic oxidation sites excluding steroid dienone is 1. The highest BCUT2D eigenvalue weighted by molar-refractivity contribution is 5.87. The van der Waals surface area contributed by atoms with Gasteiger partial charge in [0.1, 0.15) is 5.69 Å². The smallest absolute Gasteiger partial charge is 0.340 e. The number of likely N-dealkylation sites (N-methyl/N-ethyl adjacent to an activating group) is 1. The molecule has 0 bridgehead atoms. The Balaban J connectivity index is 1.71. The van der Waals surface area contributed by atoms with Crippen molar-refractivity contribution in [3.63, 3.8) is 0 Å². The van der Waals surface area contributed by atoms with Gasteiger partial charge in [-0.1, -0.05) is 24.3 Å². The van der Waals surface area contributed by atoms with Crippen molar-refractivity contribution in [3.8, 4) is 0 Å². The van der Waals surface area contributed by atoms with Crippen LogP contribution in [0.3, 0.4) is 0 Å². The Bertz CT molecular complexity index is 1060. The number of hydrogen-bond acceptors (Lipinski definition) is 2. The van der Waals surface area contributed by atoms with Gasteiger partial charge < -0.3 is 9.47 Å². The standard InChI is InChI=1S/C23H24F3N3/c1-15-4-6-20-19(12-15)18-8-10-28(3)11-9-21(18)29(20)14-16(2)17-5-7-22(27-13-17)23(24,25)26/h4-7,12-13H,2,8-11,14H2,1,3H3. The number of pyridine rings is 1. The lowest BCUT2D eigenvalue weighted by Gasteiger charge is -2.15. The third-order valence-corrected chi connectivity index (χ3v) is 5.73. The van der Waals surface area contributed by atoms with Gasteiger partial charge in [0, 0.05) is 48.8 Å². The van der Waals surface area contributed by atoms with Crippen molar-refractivity contribution in [2.75, 3.05) is 20.1 Å². The van der Waals surface area contributed by atoms with Crippen LogP contribution in [0.4, 0.5) is 13.2 Å². The largest absolute Gasteiger partial charge is 0.433 e. The van der Waals surface area contributed by atoms with E-state index in [2.05, 4.69) is 53.2 Å². The summed E-state index contributed by atoms with van der Waals surface area (Å²) in [6.45, 7) is 8.78. The maximum atomic E-state index is 12.8. The van der Waals surface area contributed by atoms with Gasteiger partial charge in [-0.15, -0.1) is 0 Å². The minimum Gasteiger partial charge on any atom is -0.340 e. The maximum Gasteiger partial charge on any atom is 0.433 e. The van der Waals surface area contributed by atoms with Gasteiger partial charge in [0.15, 0.2) is 0 Å². The molecule has 3 nitrogen and oxygen atoms in total. The number of halogens is 3. The molecule has 6 heteroatoms. The van der Waals surface area contributed by atoms with E-state index < -0.39 is 11.9 Å². The van der Waals surface area contributed by atoms with Crippen LogP contribution >= 0.6 is 0 Å². The van der Waals surface area contributed by atoms with Crippen LogP contribution in [0, 0.1) is 6.92 Å². The highest BCUT2D eigenvalue weighted by atomic mass is 19.4. The zero-order valence-corrected chi connectivity index (χ0v) is 16.7. The van der Waals surface area contributed by atoms with Crippen molar-refractivity contribution in [2.45, 2.75) is 32.5 Å². The Morgan fingerprint density at radius 2 is 1.90 bits per heavy atom. The van der Waals surface area contributed by atoms with E-state index in [9.17, 15) is 13.2 Å². The first kappa shape index (κ1) is 19.7. The van der Waals surface area contributed by atoms with Crippen LogP contribution in [-0.4, -0.2) is 34.6 Å². The lowest BCUT2D eigenvalue weighted by atomic mass is 10.1. The third-order valence-electron chi connectivity index (χ3n) is 5.73. The second-order valence-corrected chi connectivity index (χ2v) is 7.87. The fraction of sp³-hybridized carbons (Fsp3) is 0.348. The second kappa shape index (κ2) is 7.34. The predicted molar refractivity (Wildman–Crippen MR) is 110 cm³/mol. The quantitative estimate of drug-likeness (QED) is 0.610. The first-order valence-electron chi connectivity index (χ1n) is 9.74. The number of alkyl halides is 3. The molecule has 0 radical (unpaired) electrons. The van der Waals surface area contributed by atoms with Crippen molar-refractivity contribution in [1.82, 2.24) is 14.5 Å². The Hall–Kier alpha value is -2.60. The van der Waals surface area contributed by atoms with Crippen LogP contribution in [0.25, 0.3) is 16.5 Å². The molecule has 0 spiro atoms. The number of rotatable bonds is 3. The van der Waals surface area contributed by atoms with Gasteiger partial charge in [-0.3, -0.25) is 4.98 Å². The summed E-state index contributed by atoms with van der Waals surface area (Å²) in [4.78, 5) is 5.92. The topological polar surface area (TPSA) is 21.1 Å². The molecule has 1 aliphatic rings. The van der Waals surface area contributed by atoms with Gasteiger partial charge in [0.05, 0.1) is 0 Å². The molecule has 29 heavy (non-hydrogen) atoms. The minimum atomic E-state index is -4.43. The molecule has 1 aliphatic heterocycles. The highest BCUT2D eigenvalue weighted by Gasteiger charge is 2.32. The summed E-state index contributed by atoms with van der Waals surface area (Å²) in [7, 11) is 2.14. The van der Waals surface area contributed by atoms with Crippen molar-refractivity contribution < 1.29 is 13.2 Å². The van der Waals surface area contributed by atoms with Gasteiger partial charge in [0.25, 0.3) is 0 Å². The van der Waals surface area contributed by atoms with Gasteiger partial charge >= 0.3 is 6.18 Å². The normalized spacial score (nSPS) is 15.3.